The lowest BCUT2D eigenvalue weighted by atomic mass is 10.2. The van der Waals surface area contributed by atoms with Gasteiger partial charge in [-0.25, -0.2) is 0 Å². The summed E-state index contributed by atoms with van der Waals surface area (Å²) in [5, 5.41) is 2.95. The molecule has 1 aromatic carbocycles. The van der Waals surface area contributed by atoms with Gasteiger partial charge in [-0.1, -0.05) is 6.07 Å². The topological polar surface area (TPSA) is 49.4 Å². The van der Waals surface area contributed by atoms with Gasteiger partial charge >= 0.3 is 0 Å². The fraction of sp³-hybridized carbons (Fsp3) is 0.467. The highest BCUT2D eigenvalue weighted by Crippen LogP contribution is 2.47. The number of halogens is 1. The third kappa shape index (κ3) is 2.67. The molecule has 0 spiro atoms. The summed E-state index contributed by atoms with van der Waals surface area (Å²) in [7, 11) is 0. The Morgan fingerprint density at radius 3 is 3.00 bits per heavy atom. The lowest BCUT2D eigenvalue weighted by Gasteiger charge is -2.29. The van der Waals surface area contributed by atoms with Crippen LogP contribution in [0.3, 0.4) is 0 Å². The predicted octanol–water partition coefficient (Wildman–Crippen LogP) is 2.99. The second-order valence-corrected chi connectivity index (χ2v) is 8.38. The van der Waals surface area contributed by atoms with Crippen molar-refractivity contribution < 1.29 is 9.59 Å². The van der Waals surface area contributed by atoms with Crippen molar-refractivity contribution in [3.63, 3.8) is 0 Å². The van der Waals surface area contributed by atoms with Crippen molar-refractivity contribution in [1.29, 1.82) is 0 Å². The normalized spacial score (nSPS) is 27.9. The van der Waals surface area contributed by atoms with E-state index < -0.39 is 0 Å². The molecule has 1 N–H and O–H groups in total. The van der Waals surface area contributed by atoms with E-state index >= 15 is 0 Å². The van der Waals surface area contributed by atoms with Gasteiger partial charge in [-0.2, -0.15) is 0 Å². The van der Waals surface area contributed by atoms with Crippen molar-refractivity contribution in [2.75, 3.05) is 11.1 Å². The van der Waals surface area contributed by atoms with E-state index in [0.717, 1.165) is 15.7 Å². The standard InChI is InChI=1S/C15H17IN2O2S/c1-9-3-4-10(7-11(9)16)17-14(20)12-8-21-15(2)6-5-13(19)18(12)15/h3-4,7,12H,5-6,8H2,1-2H3,(H,17,20)/t12-,15-/m0/s1. The first kappa shape index (κ1) is 15.1. The molecule has 6 heteroatoms. The molecular weight excluding hydrogens is 399 g/mol. The molecule has 2 saturated heterocycles. The Balaban J connectivity index is 1.77. The summed E-state index contributed by atoms with van der Waals surface area (Å²) in [5.41, 5.74) is 1.98. The van der Waals surface area contributed by atoms with Crippen LogP contribution in [0.25, 0.3) is 0 Å². The van der Waals surface area contributed by atoms with E-state index in [1.54, 1.807) is 16.7 Å². The third-order valence-electron chi connectivity index (χ3n) is 4.19. The van der Waals surface area contributed by atoms with Gasteiger partial charge in [0.25, 0.3) is 0 Å². The van der Waals surface area contributed by atoms with E-state index in [1.807, 2.05) is 25.1 Å². The summed E-state index contributed by atoms with van der Waals surface area (Å²) in [6.07, 6.45) is 1.39. The second kappa shape index (κ2) is 5.46. The summed E-state index contributed by atoms with van der Waals surface area (Å²) in [6.45, 7) is 4.10. The van der Waals surface area contributed by atoms with Crippen molar-refractivity contribution in [2.24, 2.45) is 0 Å². The maximum Gasteiger partial charge on any atom is 0.248 e. The molecule has 4 nitrogen and oxygen atoms in total. The summed E-state index contributed by atoms with van der Waals surface area (Å²) < 4.78 is 1.12. The molecule has 3 rings (SSSR count). The molecule has 2 heterocycles. The highest BCUT2D eigenvalue weighted by atomic mass is 127. The van der Waals surface area contributed by atoms with Gasteiger partial charge in [-0.05, 0) is 60.6 Å². The first-order valence-electron chi connectivity index (χ1n) is 6.94. The Hall–Kier alpha value is -0.760. The highest BCUT2D eigenvalue weighted by molar-refractivity contribution is 14.1. The van der Waals surface area contributed by atoms with Gasteiger partial charge in [0.2, 0.25) is 11.8 Å². The Kier molecular flexibility index (Phi) is 3.94. The second-order valence-electron chi connectivity index (χ2n) is 5.72. The molecule has 112 valence electrons. The average molecular weight is 416 g/mol. The molecule has 2 aliphatic rings. The van der Waals surface area contributed by atoms with E-state index in [9.17, 15) is 9.59 Å². The van der Waals surface area contributed by atoms with Gasteiger partial charge < -0.3 is 10.2 Å². The first-order valence-corrected chi connectivity index (χ1v) is 9.00. The van der Waals surface area contributed by atoms with Crippen molar-refractivity contribution in [1.82, 2.24) is 4.90 Å². The van der Waals surface area contributed by atoms with Crippen LogP contribution < -0.4 is 5.32 Å². The minimum absolute atomic E-state index is 0.0823. The fourth-order valence-corrected chi connectivity index (χ4v) is 4.86. The van der Waals surface area contributed by atoms with Gasteiger partial charge in [0.1, 0.15) is 6.04 Å². The molecule has 0 aromatic heterocycles. The molecule has 0 radical (unpaired) electrons. The number of nitrogens with one attached hydrogen (secondary N) is 1. The summed E-state index contributed by atoms with van der Waals surface area (Å²) >= 11 is 3.97. The maximum atomic E-state index is 12.5. The molecule has 2 aliphatic heterocycles. The fourth-order valence-electron chi connectivity index (χ4n) is 2.91. The Morgan fingerprint density at radius 2 is 2.29 bits per heavy atom. The van der Waals surface area contributed by atoms with Gasteiger partial charge in [0.05, 0.1) is 4.87 Å². The SMILES string of the molecule is Cc1ccc(NC(=O)[C@@H]2CS[C@@]3(C)CCC(=O)N23)cc1I. The monoisotopic (exact) mass is 416 g/mol. The molecule has 0 unspecified atom stereocenters. The van der Waals surface area contributed by atoms with E-state index in [-0.39, 0.29) is 22.7 Å². The van der Waals surface area contributed by atoms with Gasteiger partial charge in [-0.3, -0.25) is 9.59 Å². The molecule has 21 heavy (non-hydrogen) atoms. The van der Waals surface area contributed by atoms with Crippen LogP contribution in [0.2, 0.25) is 0 Å². The van der Waals surface area contributed by atoms with Crippen LogP contribution in [-0.4, -0.2) is 33.4 Å². The molecule has 0 aliphatic carbocycles. The largest absolute Gasteiger partial charge is 0.324 e. The Morgan fingerprint density at radius 1 is 1.52 bits per heavy atom. The number of carbonyl (C=O) groups is 2. The number of thioether (sulfide) groups is 1. The van der Waals surface area contributed by atoms with Crippen LogP contribution in [-0.2, 0) is 9.59 Å². The van der Waals surface area contributed by atoms with E-state index in [4.69, 9.17) is 0 Å². The smallest absolute Gasteiger partial charge is 0.248 e. The minimum Gasteiger partial charge on any atom is -0.324 e. The van der Waals surface area contributed by atoms with Crippen LogP contribution in [0.4, 0.5) is 5.69 Å². The maximum absolute atomic E-state index is 12.5. The summed E-state index contributed by atoms with van der Waals surface area (Å²) in [4.78, 5) is 26.2. The van der Waals surface area contributed by atoms with Crippen molar-refractivity contribution in [3.05, 3.63) is 27.3 Å². The van der Waals surface area contributed by atoms with E-state index in [0.29, 0.717) is 12.2 Å². The molecule has 2 amide bonds. The number of fused-ring (bicyclic) bond motifs is 1. The van der Waals surface area contributed by atoms with Gasteiger partial charge in [0.15, 0.2) is 0 Å². The van der Waals surface area contributed by atoms with Crippen LogP contribution in [0, 0.1) is 10.5 Å². The Labute approximate surface area is 142 Å². The number of aryl methyl sites for hydroxylation is 1. The van der Waals surface area contributed by atoms with Gasteiger partial charge in [0, 0.05) is 21.4 Å². The number of anilines is 1. The molecule has 0 saturated carbocycles. The summed E-state index contributed by atoms with van der Waals surface area (Å²) in [6, 6.07) is 5.50. The lowest BCUT2D eigenvalue weighted by Crippen LogP contribution is -2.48. The van der Waals surface area contributed by atoms with E-state index in [2.05, 4.69) is 34.8 Å². The molecule has 2 fully saturated rings. The van der Waals surface area contributed by atoms with Crippen molar-refractivity contribution >= 4 is 51.9 Å². The number of amides is 2. The number of rotatable bonds is 2. The Bertz CT molecular complexity index is 622. The van der Waals surface area contributed by atoms with Crippen LogP contribution in [0.15, 0.2) is 18.2 Å². The minimum atomic E-state index is -0.353. The quantitative estimate of drug-likeness (QED) is 0.755. The average Bonchev–Trinajstić information content (AvgIpc) is 2.91. The van der Waals surface area contributed by atoms with Crippen LogP contribution in [0.5, 0.6) is 0 Å². The zero-order chi connectivity index (χ0) is 15.2. The van der Waals surface area contributed by atoms with Crippen LogP contribution in [0.1, 0.15) is 25.3 Å². The van der Waals surface area contributed by atoms with Crippen LogP contribution >= 0.6 is 34.4 Å². The summed E-state index contributed by atoms with van der Waals surface area (Å²) in [5.74, 6) is 0.694. The molecule has 1 aromatic rings. The number of nitrogens with zero attached hydrogens (tertiary/aromatic N) is 1. The van der Waals surface area contributed by atoms with Crippen molar-refractivity contribution in [2.45, 2.75) is 37.6 Å². The zero-order valence-electron chi connectivity index (χ0n) is 12.0. The number of benzene rings is 1. The number of hydrogen-bond donors (Lipinski definition) is 1. The molecule has 2 atom stereocenters. The lowest BCUT2D eigenvalue weighted by molar-refractivity contribution is -0.135. The third-order valence-corrected chi connectivity index (χ3v) is 6.85. The molecule has 0 bridgehead atoms. The number of carbonyl (C=O) groups excluding carboxylic acids is 2. The zero-order valence-corrected chi connectivity index (χ0v) is 15.0. The number of hydrogen-bond acceptors (Lipinski definition) is 3. The first-order chi connectivity index (χ1) is 9.90. The van der Waals surface area contributed by atoms with Crippen molar-refractivity contribution in [3.8, 4) is 0 Å². The highest BCUT2D eigenvalue weighted by Gasteiger charge is 2.52. The van der Waals surface area contributed by atoms with Gasteiger partial charge in [-0.15, -0.1) is 11.8 Å². The van der Waals surface area contributed by atoms with E-state index in [1.165, 1.54) is 5.56 Å². The predicted molar refractivity (Wildman–Crippen MR) is 93.3 cm³/mol. The molecular formula is C15H17IN2O2S.